The number of sulfonamides is 2. The van der Waals surface area contributed by atoms with E-state index in [0.717, 1.165) is 25.6 Å². The molecule has 0 heterocycles. The molecule has 0 spiro atoms. The molecule has 3 aromatic rings. The van der Waals surface area contributed by atoms with E-state index in [4.69, 9.17) is 0 Å². The third-order valence-corrected chi connectivity index (χ3v) is 7.62. The quantitative estimate of drug-likeness (QED) is 0.582. The number of benzene rings is 3. The summed E-state index contributed by atoms with van der Waals surface area (Å²) in [5.41, 5.74) is 0.761. The lowest BCUT2D eigenvalue weighted by Crippen LogP contribution is -2.37. The number of amides is 1. The number of hydrogen-bond donors (Lipinski definition) is 1. The van der Waals surface area contributed by atoms with E-state index in [1.807, 2.05) is 30.3 Å². The Hall–Kier alpha value is -2.95. The summed E-state index contributed by atoms with van der Waals surface area (Å²) in [6, 6.07) is 18.3. The first-order valence-electron chi connectivity index (χ1n) is 9.28. The third-order valence-electron chi connectivity index (χ3n) is 4.65. The molecule has 0 radical (unpaired) electrons. The average Bonchev–Trinajstić information content (AvgIpc) is 2.71. The molecule has 0 bridgehead atoms. The van der Waals surface area contributed by atoms with Crippen LogP contribution in [0.5, 0.6) is 0 Å². The normalized spacial score (nSPS) is 12.1. The monoisotopic (exact) mass is 461 g/mol. The van der Waals surface area contributed by atoms with Crippen molar-refractivity contribution in [2.24, 2.45) is 0 Å². The first-order chi connectivity index (χ1) is 14.5. The Labute approximate surface area is 182 Å². The van der Waals surface area contributed by atoms with E-state index in [1.165, 1.54) is 38.4 Å². The van der Waals surface area contributed by atoms with Gasteiger partial charge in [-0.25, -0.2) is 21.1 Å². The van der Waals surface area contributed by atoms with Crippen LogP contribution in [-0.4, -0.2) is 53.9 Å². The fourth-order valence-electron chi connectivity index (χ4n) is 3.05. The molecule has 0 saturated carbocycles. The zero-order valence-corrected chi connectivity index (χ0v) is 18.9. The van der Waals surface area contributed by atoms with Crippen LogP contribution in [0.2, 0.25) is 0 Å². The average molecular weight is 462 g/mol. The Morgan fingerprint density at radius 1 is 0.871 bits per heavy atom. The maximum Gasteiger partial charge on any atom is 0.245 e. The molecular formula is C21H23N3O5S2. The molecule has 0 aliphatic heterocycles. The first kappa shape index (κ1) is 22.7. The Morgan fingerprint density at radius 2 is 1.48 bits per heavy atom. The van der Waals surface area contributed by atoms with Gasteiger partial charge in [-0.15, -0.1) is 0 Å². The van der Waals surface area contributed by atoms with Crippen LogP contribution in [0.1, 0.15) is 0 Å². The van der Waals surface area contributed by atoms with Crippen LogP contribution in [0, 0.1) is 0 Å². The van der Waals surface area contributed by atoms with Gasteiger partial charge in [0.1, 0.15) is 6.54 Å². The van der Waals surface area contributed by atoms with E-state index in [1.54, 1.807) is 12.1 Å². The van der Waals surface area contributed by atoms with Crippen LogP contribution >= 0.6 is 0 Å². The van der Waals surface area contributed by atoms with Crippen LogP contribution in [0.25, 0.3) is 10.8 Å². The highest BCUT2D eigenvalue weighted by Gasteiger charge is 2.23. The standard InChI is InChI=1S/C21H23N3O5S2/c1-23(2)31(28,29)18-13-11-17(12-14-18)24(30(3,26)27)15-21(25)22-20-10-6-8-16-7-4-5-9-19(16)20/h4-14H,15H2,1-3H3,(H,22,25). The second kappa shape index (κ2) is 8.66. The van der Waals surface area contributed by atoms with Gasteiger partial charge in [0.05, 0.1) is 16.8 Å². The maximum absolute atomic E-state index is 12.7. The van der Waals surface area contributed by atoms with Crippen molar-refractivity contribution in [2.75, 3.05) is 36.5 Å². The van der Waals surface area contributed by atoms with E-state index >= 15 is 0 Å². The lowest BCUT2D eigenvalue weighted by atomic mass is 10.1. The van der Waals surface area contributed by atoms with Gasteiger partial charge in [-0.05, 0) is 35.7 Å². The predicted molar refractivity (Wildman–Crippen MR) is 122 cm³/mol. The number of nitrogens with one attached hydrogen (secondary N) is 1. The molecule has 8 nitrogen and oxygen atoms in total. The van der Waals surface area contributed by atoms with E-state index in [0.29, 0.717) is 5.69 Å². The summed E-state index contributed by atoms with van der Waals surface area (Å²) in [6.07, 6.45) is 0.989. The van der Waals surface area contributed by atoms with Gasteiger partial charge in [0.15, 0.2) is 0 Å². The van der Waals surface area contributed by atoms with E-state index in [2.05, 4.69) is 5.32 Å². The van der Waals surface area contributed by atoms with Crippen LogP contribution in [-0.2, 0) is 24.8 Å². The SMILES string of the molecule is CN(C)S(=O)(=O)c1ccc(N(CC(=O)Nc2cccc3ccccc23)S(C)(=O)=O)cc1. The van der Waals surface area contributed by atoms with Crippen molar-refractivity contribution in [2.45, 2.75) is 4.90 Å². The van der Waals surface area contributed by atoms with Gasteiger partial charge in [-0.3, -0.25) is 9.10 Å². The second-order valence-electron chi connectivity index (χ2n) is 7.13. The van der Waals surface area contributed by atoms with Gasteiger partial charge in [0, 0.05) is 25.2 Å². The number of anilines is 2. The number of nitrogens with zero attached hydrogens (tertiary/aromatic N) is 2. The molecule has 0 atom stereocenters. The number of carbonyl (C=O) groups is 1. The largest absolute Gasteiger partial charge is 0.324 e. The third kappa shape index (κ3) is 5.04. The summed E-state index contributed by atoms with van der Waals surface area (Å²) >= 11 is 0. The van der Waals surface area contributed by atoms with E-state index in [-0.39, 0.29) is 10.6 Å². The van der Waals surface area contributed by atoms with Gasteiger partial charge in [0.2, 0.25) is 26.0 Å². The minimum Gasteiger partial charge on any atom is -0.324 e. The van der Waals surface area contributed by atoms with Gasteiger partial charge in [-0.1, -0.05) is 36.4 Å². The molecule has 10 heteroatoms. The molecule has 1 N–H and O–H groups in total. The number of carbonyl (C=O) groups excluding carboxylic acids is 1. The molecule has 0 aliphatic carbocycles. The van der Waals surface area contributed by atoms with Crippen LogP contribution in [0.4, 0.5) is 11.4 Å². The second-order valence-corrected chi connectivity index (χ2v) is 11.2. The fourth-order valence-corrected chi connectivity index (χ4v) is 4.81. The summed E-state index contributed by atoms with van der Waals surface area (Å²) in [4.78, 5) is 12.7. The Balaban J connectivity index is 1.86. The van der Waals surface area contributed by atoms with Crippen molar-refractivity contribution in [3.8, 4) is 0 Å². The van der Waals surface area contributed by atoms with Gasteiger partial charge in [-0.2, -0.15) is 0 Å². The van der Waals surface area contributed by atoms with Crippen LogP contribution < -0.4 is 9.62 Å². The minimum absolute atomic E-state index is 0.0231. The van der Waals surface area contributed by atoms with Gasteiger partial charge >= 0.3 is 0 Å². The predicted octanol–water partition coefficient (Wildman–Crippen LogP) is 2.49. The smallest absolute Gasteiger partial charge is 0.245 e. The van der Waals surface area contributed by atoms with Crippen molar-refractivity contribution in [1.29, 1.82) is 0 Å². The first-order valence-corrected chi connectivity index (χ1v) is 12.6. The van der Waals surface area contributed by atoms with Crippen LogP contribution in [0.15, 0.2) is 71.6 Å². The van der Waals surface area contributed by atoms with Crippen molar-refractivity contribution in [3.63, 3.8) is 0 Å². The molecule has 1 amide bonds. The zero-order chi connectivity index (χ0) is 22.8. The minimum atomic E-state index is -3.80. The summed E-state index contributed by atoms with van der Waals surface area (Å²) in [7, 11) is -4.64. The molecule has 0 fully saturated rings. The van der Waals surface area contributed by atoms with Gasteiger partial charge < -0.3 is 5.32 Å². The molecule has 0 aliphatic rings. The summed E-state index contributed by atoms with van der Waals surface area (Å²) < 4.78 is 51.1. The summed E-state index contributed by atoms with van der Waals surface area (Å²) in [5.74, 6) is -0.522. The van der Waals surface area contributed by atoms with Crippen molar-refractivity contribution in [3.05, 3.63) is 66.7 Å². The lowest BCUT2D eigenvalue weighted by Gasteiger charge is -2.22. The summed E-state index contributed by atoms with van der Waals surface area (Å²) in [5, 5.41) is 4.54. The lowest BCUT2D eigenvalue weighted by molar-refractivity contribution is -0.114. The van der Waals surface area contributed by atoms with Crippen molar-refractivity contribution < 1.29 is 21.6 Å². The molecule has 0 aromatic heterocycles. The Morgan fingerprint density at radius 3 is 2.10 bits per heavy atom. The molecule has 0 unspecified atom stereocenters. The highest BCUT2D eigenvalue weighted by Crippen LogP contribution is 2.24. The number of rotatable bonds is 7. The highest BCUT2D eigenvalue weighted by atomic mass is 32.2. The fraction of sp³-hybridized carbons (Fsp3) is 0.190. The number of fused-ring (bicyclic) bond motifs is 1. The van der Waals surface area contributed by atoms with E-state index < -0.39 is 32.5 Å². The van der Waals surface area contributed by atoms with Crippen molar-refractivity contribution >= 4 is 48.1 Å². The maximum atomic E-state index is 12.7. The molecule has 164 valence electrons. The van der Waals surface area contributed by atoms with Crippen molar-refractivity contribution in [1.82, 2.24) is 4.31 Å². The van der Waals surface area contributed by atoms with E-state index in [9.17, 15) is 21.6 Å². The summed E-state index contributed by atoms with van der Waals surface area (Å²) in [6.45, 7) is -0.457. The number of hydrogen-bond acceptors (Lipinski definition) is 5. The zero-order valence-electron chi connectivity index (χ0n) is 17.3. The molecule has 3 aromatic carbocycles. The Kier molecular flexibility index (Phi) is 6.35. The molecule has 31 heavy (non-hydrogen) atoms. The molecule has 0 saturated heterocycles. The highest BCUT2D eigenvalue weighted by molar-refractivity contribution is 7.92. The molecule has 3 rings (SSSR count). The Bertz CT molecular complexity index is 1310. The molecular weight excluding hydrogens is 438 g/mol. The van der Waals surface area contributed by atoms with Gasteiger partial charge in [0.25, 0.3) is 0 Å². The van der Waals surface area contributed by atoms with Crippen LogP contribution in [0.3, 0.4) is 0 Å². The topological polar surface area (TPSA) is 104 Å².